The summed E-state index contributed by atoms with van der Waals surface area (Å²) in [6, 6.07) is 10.9. The van der Waals surface area contributed by atoms with Gasteiger partial charge < -0.3 is 10.1 Å². The predicted octanol–water partition coefficient (Wildman–Crippen LogP) is 2.97. The van der Waals surface area contributed by atoms with Gasteiger partial charge in [0.2, 0.25) is 0 Å². The molecule has 1 aromatic heterocycles. The van der Waals surface area contributed by atoms with E-state index < -0.39 is 0 Å². The molecule has 0 aliphatic heterocycles. The first-order valence-electron chi connectivity index (χ1n) is 6.68. The zero-order valence-electron chi connectivity index (χ0n) is 12.2. The van der Waals surface area contributed by atoms with Gasteiger partial charge in [0.25, 0.3) is 0 Å². The number of allylic oxidation sites excluding steroid dienone is 2. The molecular formula is C17H18N2O2. The fraction of sp³-hybridized carbons (Fsp3) is 0.176. The number of rotatable bonds is 6. The number of nitrogens with zero attached hydrogens (tertiary/aromatic N) is 1. The number of methoxy groups -OCH3 is 1. The molecule has 0 aliphatic carbocycles. The lowest BCUT2D eigenvalue weighted by atomic mass is 10.1. The van der Waals surface area contributed by atoms with Gasteiger partial charge in [0.05, 0.1) is 7.11 Å². The molecular weight excluding hydrogens is 264 g/mol. The van der Waals surface area contributed by atoms with Crippen LogP contribution in [-0.4, -0.2) is 17.9 Å². The minimum atomic E-state index is -0.0335. The summed E-state index contributed by atoms with van der Waals surface area (Å²) in [5.74, 6) is 0.704. The van der Waals surface area contributed by atoms with Crippen molar-refractivity contribution in [3.8, 4) is 5.75 Å². The van der Waals surface area contributed by atoms with Crippen LogP contribution in [0.5, 0.6) is 5.75 Å². The molecule has 21 heavy (non-hydrogen) atoms. The Bertz CT molecular complexity index is 619. The van der Waals surface area contributed by atoms with E-state index in [1.165, 1.54) is 0 Å². The van der Waals surface area contributed by atoms with E-state index in [1.54, 1.807) is 49.8 Å². The van der Waals surface area contributed by atoms with Crippen LogP contribution in [0.1, 0.15) is 22.8 Å². The number of nitrogens with one attached hydrogen (secondary N) is 1. The fourth-order valence-electron chi connectivity index (χ4n) is 1.83. The summed E-state index contributed by atoms with van der Waals surface area (Å²) in [5.41, 5.74) is 2.53. The molecule has 1 heterocycles. The molecule has 0 spiro atoms. The lowest BCUT2D eigenvalue weighted by Crippen LogP contribution is -2.12. The van der Waals surface area contributed by atoms with Gasteiger partial charge in [0.1, 0.15) is 5.75 Å². The van der Waals surface area contributed by atoms with Crippen LogP contribution in [0.4, 0.5) is 0 Å². The van der Waals surface area contributed by atoms with Gasteiger partial charge >= 0.3 is 0 Å². The number of hydrogen-bond donors (Lipinski definition) is 1. The second-order valence-electron chi connectivity index (χ2n) is 4.63. The standard InChI is InChI=1S/C17H18N2O2/c1-13(19-12-14-4-3-9-18-11-14)10-17(20)15-5-7-16(21-2)8-6-15/h3-11,19H,12H2,1-2H3. The maximum absolute atomic E-state index is 12.1. The lowest BCUT2D eigenvalue weighted by Gasteiger charge is -2.06. The van der Waals surface area contributed by atoms with E-state index in [2.05, 4.69) is 10.3 Å². The highest BCUT2D eigenvalue weighted by Crippen LogP contribution is 2.12. The Morgan fingerprint density at radius 1 is 1.29 bits per heavy atom. The second kappa shape index (κ2) is 7.24. The SMILES string of the molecule is COc1ccc(C(=O)C=C(C)NCc2cccnc2)cc1. The maximum Gasteiger partial charge on any atom is 0.187 e. The number of benzene rings is 1. The first-order chi connectivity index (χ1) is 10.2. The smallest absolute Gasteiger partial charge is 0.187 e. The first-order valence-corrected chi connectivity index (χ1v) is 6.68. The van der Waals surface area contributed by atoms with E-state index in [1.807, 2.05) is 19.1 Å². The van der Waals surface area contributed by atoms with E-state index in [0.29, 0.717) is 12.1 Å². The van der Waals surface area contributed by atoms with E-state index in [0.717, 1.165) is 17.0 Å². The van der Waals surface area contributed by atoms with E-state index in [9.17, 15) is 4.79 Å². The highest BCUT2D eigenvalue weighted by molar-refractivity contribution is 6.04. The molecule has 108 valence electrons. The Morgan fingerprint density at radius 3 is 2.67 bits per heavy atom. The second-order valence-corrected chi connectivity index (χ2v) is 4.63. The number of carbonyl (C=O) groups is 1. The number of carbonyl (C=O) groups excluding carboxylic acids is 1. The van der Waals surface area contributed by atoms with Crippen LogP contribution in [0, 0.1) is 0 Å². The van der Waals surface area contributed by atoms with Gasteiger partial charge in [0.15, 0.2) is 5.78 Å². The number of pyridine rings is 1. The van der Waals surface area contributed by atoms with E-state index in [-0.39, 0.29) is 5.78 Å². The average molecular weight is 282 g/mol. The molecule has 0 aliphatic rings. The van der Waals surface area contributed by atoms with Gasteiger partial charge in [-0.15, -0.1) is 0 Å². The minimum Gasteiger partial charge on any atom is -0.497 e. The van der Waals surface area contributed by atoms with Crippen molar-refractivity contribution >= 4 is 5.78 Å². The number of aromatic nitrogens is 1. The maximum atomic E-state index is 12.1. The molecule has 0 bridgehead atoms. The van der Waals surface area contributed by atoms with Crippen LogP contribution < -0.4 is 10.1 Å². The molecule has 0 saturated heterocycles. The molecule has 2 rings (SSSR count). The van der Waals surface area contributed by atoms with Crippen molar-refractivity contribution in [2.24, 2.45) is 0 Å². The van der Waals surface area contributed by atoms with Gasteiger partial charge in [-0.3, -0.25) is 9.78 Å². The van der Waals surface area contributed by atoms with Gasteiger partial charge in [-0.05, 0) is 42.8 Å². The van der Waals surface area contributed by atoms with Crippen molar-refractivity contribution in [2.75, 3.05) is 7.11 Å². The quantitative estimate of drug-likeness (QED) is 0.653. The number of ketones is 1. The van der Waals surface area contributed by atoms with Crippen molar-refractivity contribution in [1.29, 1.82) is 0 Å². The first kappa shape index (κ1) is 14.8. The zero-order valence-corrected chi connectivity index (χ0v) is 12.2. The molecule has 0 unspecified atom stereocenters. The Hall–Kier alpha value is -2.62. The number of ether oxygens (including phenoxy) is 1. The lowest BCUT2D eigenvalue weighted by molar-refractivity contribution is 0.104. The van der Waals surface area contributed by atoms with Crippen LogP contribution in [0.25, 0.3) is 0 Å². The molecule has 2 aromatic rings. The summed E-state index contributed by atoms with van der Waals surface area (Å²) in [6.07, 6.45) is 5.13. The third-order valence-electron chi connectivity index (χ3n) is 3.02. The van der Waals surface area contributed by atoms with Crippen molar-refractivity contribution in [1.82, 2.24) is 10.3 Å². The van der Waals surface area contributed by atoms with Crippen molar-refractivity contribution in [3.05, 3.63) is 71.7 Å². The average Bonchev–Trinajstić information content (AvgIpc) is 2.54. The van der Waals surface area contributed by atoms with Crippen molar-refractivity contribution in [3.63, 3.8) is 0 Å². The molecule has 0 amide bonds. The summed E-state index contributed by atoms with van der Waals surface area (Å²) < 4.78 is 5.07. The Balaban J connectivity index is 1.95. The zero-order chi connectivity index (χ0) is 15.1. The van der Waals surface area contributed by atoms with Crippen LogP contribution in [0.2, 0.25) is 0 Å². The highest BCUT2D eigenvalue weighted by atomic mass is 16.5. The van der Waals surface area contributed by atoms with Gasteiger partial charge in [-0.25, -0.2) is 0 Å². The highest BCUT2D eigenvalue weighted by Gasteiger charge is 2.03. The summed E-state index contributed by atoms with van der Waals surface area (Å²) in [7, 11) is 1.60. The molecule has 0 atom stereocenters. The van der Waals surface area contributed by atoms with E-state index in [4.69, 9.17) is 4.74 Å². The largest absolute Gasteiger partial charge is 0.497 e. The normalized spacial score (nSPS) is 11.0. The Morgan fingerprint density at radius 2 is 2.05 bits per heavy atom. The van der Waals surface area contributed by atoms with Gasteiger partial charge in [0, 0.05) is 36.3 Å². The fourth-order valence-corrected chi connectivity index (χ4v) is 1.83. The van der Waals surface area contributed by atoms with Crippen LogP contribution in [-0.2, 0) is 6.54 Å². The van der Waals surface area contributed by atoms with Crippen molar-refractivity contribution in [2.45, 2.75) is 13.5 Å². The minimum absolute atomic E-state index is 0.0335. The molecule has 1 N–H and O–H groups in total. The number of hydrogen-bond acceptors (Lipinski definition) is 4. The Kier molecular flexibility index (Phi) is 5.10. The third-order valence-corrected chi connectivity index (χ3v) is 3.02. The van der Waals surface area contributed by atoms with Crippen molar-refractivity contribution < 1.29 is 9.53 Å². The molecule has 0 radical (unpaired) electrons. The van der Waals surface area contributed by atoms with Crippen LogP contribution in [0.15, 0.2) is 60.6 Å². The molecule has 0 fully saturated rings. The summed E-state index contributed by atoms with van der Waals surface area (Å²) in [4.78, 5) is 16.1. The topological polar surface area (TPSA) is 51.2 Å². The summed E-state index contributed by atoms with van der Waals surface area (Å²) >= 11 is 0. The van der Waals surface area contributed by atoms with Gasteiger partial charge in [-0.1, -0.05) is 6.07 Å². The molecule has 1 aromatic carbocycles. The molecule has 0 saturated carbocycles. The third kappa shape index (κ3) is 4.45. The monoisotopic (exact) mass is 282 g/mol. The van der Waals surface area contributed by atoms with Gasteiger partial charge in [-0.2, -0.15) is 0 Å². The predicted molar refractivity (Wildman–Crippen MR) is 82.2 cm³/mol. The summed E-state index contributed by atoms with van der Waals surface area (Å²) in [5, 5.41) is 3.20. The Labute approximate surface area is 124 Å². The molecule has 4 nitrogen and oxygen atoms in total. The molecule has 4 heteroatoms. The van der Waals surface area contributed by atoms with Crippen LogP contribution >= 0.6 is 0 Å². The van der Waals surface area contributed by atoms with E-state index >= 15 is 0 Å². The van der Waals surface area contributed by atoms with Crippen LogP contribution in [0.3, 0.4) is 0 Å². The summed E-state index contributed by atoms with van der Waals surface area (Å²) in [6.45, 7) is 2.52.